The summed E-state index contributed by atoms with van der Waals surface area (Å²) in [7, 11) is -6.34. The van der Waals surface area contributed by atoms with E-state index < -0.39 is 25.1 Å². The van der Waals surface area contributed by atoms with E-state index >= 15 is 0 Å². The molecule has 1 rings (SSSR count). The van der Waals surface area contributed by atoms with Gasteiger partial charge in [-0.05, 0) is 5.92 Å². The van der Waals surface area contributed by atoms with Gasteiger partial charge in [0, 0.05) is 13.1 Å². The van der Waals surface area contributed by atoms with E-state index in [9.17, 15) is 16.8 Å². The summed E-state index contributed by atoms with van der Waals surface area (Å²) < 4.78 is 46.6. The molecular weight excluding hydrogens is 238 g/mol. The lowest BCUT2D eigenvalue weighted by Crippen LogP contribution is -2.57. The van der Waals surface area contributed by atoms with E-state index in [2.05, 4.69) is 0 Å². The van der Waals surface area contributed by atoms with Crippen LogP contribution in [0.3, 0.4) is 0 Å². The second-order valence-corrected chi connectivity index (χ2v) is 8.73. The zero-order valence-corrected chi connectivity index (χ0v) is 10.8. The fourth-order valence-corrected chi connectivity index (χ4v) is 4.61. The molecule has 1 fully saturated rings. The van der Waals surface area contributed by atoms with Crippen LogP contribution in [0.4, 0.5) is 0 Å². The van der Waals surface area contributed by atoms with Crippen LogP contribution in [-0.4, -0.2) is 51.5 Å². The molecule has 0 aliphatic carbocycles. The van der Waals surface area contributed by atoms with Crippen molar-refractivity contribution in [3.05, 3.63) is 0 Å². The number of hydrogen-bond acceptors (Lipinski definition) is 4. The van der Waals surface area contributed by atoms with E-state index in [0.717, 1.165) is 6.26 Å². The van der Waals surface area contributed by atoms with Gasteiger partial charge < -0.3 is 0 Å². The maximum Gasteiger partial charge on any atom is 0.211 e. The molecular formula is C8H17NO4S2. The average Bonchev–Trinajstić information content (AvgIpc) is 1.71. The maximum atomic E-state index is 11.7. The molecule has 15 heavy (non-hydrogen) atoms. The summed E-state index contributed by atoms with van der Waals surface area (Å²) in [4.78, 5) is 0. The van der Waals surface area contributed by atoms with E-state index in [4.69, 9.17) is 0 Å². The average molecular weight is 255 g/mol. The van der Waals surface area contributed by atoms with E-state index in [1.807, 2.05) is 13.8 Å². The molecule has 1 aliphatic heterocycles. The summed E-state index contributed by atoms with van der Waals surface area (Å²) >= 11 is 0. The Kier molecular flexibility index (Phi) is 3.47. The van der Waals surface area contributed by atoms with Crippen molar-refractivity contribution in [1.29, 1.82) is 0 Å². The SMILES string of the molecule is CC(C)CS(=O)(=O)C1CN(S(C)(=O)=O)C1. The van der Waals surface area contributed by atoms with Gasteiger partial charge in [0.15, 0.2) is 9.84 Å². The van der Waals surface area contributed by atoms with Crippen molar-refractivity contribution in [3.8, 4) is 0 Å². The standard InChI is InChI=1S/C8H17NO4S2/c1-7(2)6-15(12,13)8-4-9(5-8)14(3,10)11/h7-8H,4-6H2,1-3H3. The van der Waals surface area contributed by atoms with Crippen LogP contribution in [0.25, 0.3) is 0 Å². The minimum absolute atomic E-state index is 0.0854. The largest absolute Gasteiger partial charge is 0.228 e. The molecule has 0 aromatic rings. The number of rotatable bonds is 4. The monoisotopic (exact) mass is 255 g/mol. The van der Waals surface area contributed by atoms with Gasteiger partial charge in [0.1, 0.15) is 0 Å². The molecule has 0 aromatic carbocycles. The van der Waals surface area contributed by atoms with Gasteiger partial charge >= 0.3 is 0 Å². The molecule has 5 nitrogen and oxygen atoms in total. The molecule has 0 amide bonds. The van der Waals surface area contributed by atoms with Crippen LogP contribution in [0.2, 0.25) is 0 Å². The van der Waals surface area contributed by atoms with Crippen LogP contribution in [-0.2, 0) is 19.9 Å². The molecule has 0 radical (unpaired) electrons. The highest BCUT2D eigenvalue weighted by molar-refractivity contribution is 7.92. The smallest absolute Gasteiger partial charge is 0.211 e. The van der Waals surface area contributed by atoms with Crippen LogP contribution < -0.4 is 0 Å². The van der Waals surface area contributed by atoms with Crippen LogP contribution >= 0.6 is 0 Å². The first-order valence-corrected chi connectivity index (χ1v) is 8.36. The summed E-state index contributed by atoms with van der Waals surface area (Å²) in [5, 5.41) is -0.505. The fraction of sp³-hybridized carbons (Fsp3) is 1.00. The molecule has 1 heterocycles. The molecule has 0 bridgehead atoms. The predicted molar refractivity (Wildman–Crippen MR) is 58.8 cm³/mol. The Bertz CT molecular complexity index is 418. The van der Waals surface area contributed by atoms with Crippen LogP contribution in [0.5, 0.6) is 0 Å². The van der Waals surface area contributed by atoms with Crippen molar-refractivity contribution >= 4 is 19.9 Å². The Morgan fingerprint density at radius 1 is 1.20 bits per heavy atom. The third kappa shape index (κ3) is 3.15. The van der Waals surface area contributed by atoms with E-state index in [-0.39, 0.29) is 24.8 Å². The van der Waals surface area contributed by atoms with Crippen molar-refractivity contribution in [1.82, 2.24) is 4.31 Å². The molecule has 0 spiro atoms. The van der Waals surface area contributed by atoms with Gasteiger partial charge in [-0.25, -0.2) is 16.8 Å². The summed E-state index contributed by atoms with van der Waals surface area (Å²) in [6.45, 7) is 3.91. The van der Waals surface area contributed by atoms with Gasteiger partial charge in [-0.3, -0.25) is 0 Å². The van der Waals surface area contributed by atoms with E-state index in [0.29, 0.717) is 0 Å². The third-order valence-corrected chi connectivity index (χ3v) is 6.04. The summed E-state index contributed by atoms with van der Waals surface area (Å²) in [6, 6.07) is 0. The second kappa shape index (κ2) is 4.03. The zero-order valence-electron chi connectivity index (χ0n) is 9.17. The summed E-state index contributed by atoms with van der Waals surface area (Å²) in [6.07, 6.45) is 1.10. The third-order valence-electron chi connectivity index (χ3n) is 2.36. The minimum atomic E-state index is -3.22. The fourth-order valence-electron chi connectivity index (χ4n) is 1.50. The highest BCUT2D eigenvalue weighted by Gasteiger charge is 2.41. The number of nitrogens with zero attached hydrogens (tertiary/aromatic N) is 1. The topological polar surface area (TPSA) is 71.5 Å². The number of sulfonamides is 1. The van der Waals surface area contributed by atoms with Crippen molar-refractivity contribution in [2.24, 2.45) is 5.92 Å². The van der Waals surface area contributed by atoms with Gasteiger partial charge in [0.25, 0.3) is 0 Å². The first-order chi connectivity index (χ1) is 6.63. The van der Waals surface area contributed by atoms with Crippen molar-refractivity contribution in [2.45, 2.75) is 19.1 Å². The molecule has 0 saturated carbocycles. The normalized spacial score (nSPS) is 20.5. The van der Waals surface area contributed by atoms with Gasteiger partial charge in [0.2, 0.25) is 10.0 Å². The number of sulfone groups is 1. The van der Waals surface area contributed by atoms with E-state index in [1.54, 1.807) is 0 Å². The minimum Gasteiger partial charge on any atom is -0.228 e. The Morgan fingerprint density at radius 3 is 2.00 bits per heavy atom. The van der Waals surface area contributed by atoms with Gasteiger partial charge in [-0.15, -0.1) is 0 Å². The summed E-state index contributed by atoms with van der Waals surface area (Å²) in [5.41, 5.74) is 0. The van der Waals surface area contributed by atoms with Crippen LogP contribution in [0.15, 0.2) is 0 Å². The lowest BCUT2D eigenvalue weighted by atomic mass is 10.3. The molecule has 1 aliphatic rings. The molecule has 0 N–H and O–H groups in total. The lowest BCUT2D eigenvalue weighted by molar-refractivity contribution is 0.311. The second-order valence-electron chi connectivity index (χ2n) is 4.43. The molecule has 0 unspecified atom stereocenters. The zero-order chi connectivity index (χ0) is 11.9. The van der Waals surface area contributed by atoms with Crippen molar-refractivity contribution in [3.63, 3.8) is 0 Å². The van der Waals surface area contributed by atoms with Crippen molar-refractivity contribution in [2.75, 3.05) is 25.1 Å². The Balaban J connectivity index is 2.59. The molecule has 1 saturated heterocycles. The maximum absolute atomic E-state index is 11.7. The Labute approximate surface area is 91.4 Å². The van der Waals surface area contributed by atoms with E-state index in [1.165, 1.54) is 4.31 Å². The molecule has 7 heteroatoms. The predicted octanol–water partition coefficient (Wildman–Crippen LogP) is -0.299. The Hall–Kier alpha value is -0.140. The van der Waals surface area contributed by atoms with Crippen molar-refractivity contribution < 1.29 is 16.8 Å². The highest BCUT2D eigenvalue weighted by Crippen LogP contribution is 2.21. The van der Waals surface area contributed by atoms with Crippen LogP contribution in [0.1, 0.15) is 13.8 Å². The van der Waals surface area contributed by atoms with Crippen LogP contribution in [0, 0.1) is 5.92 Å². The van der Waals surface area contributed by atoms with Gasteiger partial charge in [-0.2, -0.15) is 4.31 Å². The molecule has 0 aromatic heterocycles. The lowest BCUT2D eigenvalue weighted by Gasteiger charge is -2.36. The molecule has 0 atom stereocenters. The highest BCUT2D eigenvalue weighted by atomic mass is 32.2. The molecule has 90 valence electrons. The Morgan fingerprint density at radius 2 is 1.67 bits per heavy atom. The quantitative estimate of drug-likeness (QED) is 0.691. The first kappa shape index (κ1) is 12.9. The first-order valence-electron chi connectivity index (χ1n) is 4.79. The summed E-state index contributed by atoms with van der Waals surface area (Å²) in [5.74, 6) is 0.220. The number of hydrogen-bond donors (Lipinski definition) is 0. The van der Waals surface area contributed by atoms with Gasteiger partial charge in [-0.1, -0.05) is 13.8 Å². The van der Waals surface area contributed by atoms with Gasteiger partial charge in [0.05, 0.1) is 17.3 Å².